The van der Waals surface area contributed by atoms with Gasteiger partial charge in [-0.2, -0.15) is 4.57 Å². The van der Waals surface area contributed by atoms with E-state index in [1.807, 2.05) is 128 Å². The molecule has 12 nitrogen and oxygen atoms in total. The minimum atomic E-state index is 0. The van der Waals surface area contributed by atoms with Crippen molar-refractivity contribution in [2.75, 3.05) is 0 Å². The van der Waals surface area contributed by atoms with E-state index in [9.17, 15) is 0 Å². The summed E-state index contributed by atoms with van der Waals surface area (Å²) in [6.45, 7) is 0. The Bertz CT molecular complexity index is 5700. The second-order valence-electron chi connectivity index (χ2n) is 21.2. The molecule has 8 heterocycles. The molecule has 0 fully saturated rings. The molecule has 87 heavy (non-hydrogen) atoms. The van der Waals surface area contributed by atoms with Crippen LogP contribution in [0.1, 0.15) is 8.85 Å². The lowest BCUT2D eigenvalue weighted by Crippen LogP contribution is -3.00. The molecule has 420 valence electrons. The summed E-state index contributed by atoms with van der Waals surface area (Å²) < 4.78 is 36.1. The van der Waals surface area contributed by atoms with Crippen LogP contribution < -0.4 is 38.0 Å². The lowest BCUT2D eigenvalue weighted by molar-refractivity contribution is -0.645. The van der Waals surface area contributed by atoms with Crippen LogP contribution in [-0.2, 0) is 7.05 Å². The first-order valence-corrected chi connectivity index (χ1v) is 28.1. The molecule has 0 aliphatic carbocycles. The first kappa shape index (κ1) is 52.7. The molecule has 18 rings (SSSR count). The van der Waals surface area contributed by atoms with Crippen LogP contribution >= 0.6 is 0 Å². The number of hydrogen-bond acceptors (Lipinski definition) is 7. The van der Waals surface area contributed by atoms with Crippen molar-refractivity contribution in [3.8, 4) is 46.0 Å². The molecule has 0 saturated carbocycles. The summed E-state index contributed by atoms with van der Waals surface area (Å²) in [5.74, 6) is 4.59. The Balaban J connectivity index is 0.000000149. The molecule has 0 amide bonds. The third-order valence-electron chi connectivity index (χ3n) is 16.2. The molecule has 0 saturated heterocycles. The van der Waals surface area contributed by atoms with E-state index < -0.39 is 0 Å². The maximum absolute atomic E-state index is 6.49. The Labute approximate surface area is 516 Å². The highest BCUT2D eigenvalue weighted by Crippen LogP contribution is 2.40. The van der Waals surface area contributed by atoms with Gasteiger partial charge in [-0.3, -0.25) is 13.7 Å². The van der Waals surface area contributed by atoms with Gasteiger partial charge in [0.1, 0.15) is 69.0 Å². The van der Waals surface area contributed by atoms with Gasteiger partial charge in [0, 0.05) is 93.3 Å². The molecule has 0 atom stereocenters. The average molecular weight is 1250 g/mol. The van der Waals surface area contributed by atoms with Gasteiger partial charge < -0.3 is 42.3 Å². The maximum atomic E-state index is 6.49. The molecule has 0 N–H and O–H groups in total. The van der Waals surface area contributed by atoms with E-state index in [-0.39, 0.29) is 32.8 Å². The predicted molar refractivity (Wildman–Crippen MR) is 346 cm³/mol. The van der Waals surface area contributed by atoms with E-state index in [2.05, 4.69) is 175 Å². The van der Waals surface area contributed by atoms with Gasteiger partial charge in [-0.1, -0.05) is 117 Å². The highest BCUT2D eigenvalue weighted by atomic mass is 127. The van der Waals surface area contributed by atoms with Crippen molar-refractivity contribution in [1.82, 2.24) is 33.2 Å². The summed E-state index contributed by atoms with van der Waals surface area (Å²) in [6, 6.07) is 82.2. The number of furan rings is 2. The monoisotopic (exact) mass is 1250 g/mol. The van der Waals surface area contributed by atoms with Crippen LogP contribution in [0.15, 0.2) is 277 Å². The fraction of sp³-hybridized carbons (Fsp3) is 0.0270. The number of imidazole rings is 2. The molecular formula is C74H53IN8O4. The molecule has 10 aromatic carbocycles. The molecule has 0 aliphatic rings. The van der Waals surface area contributed by atoms with Gasteiger partial charge in [0.05, 0.1) is 45.8 Å². The summed E-state index contributed by atoms with van der Waals surface area (Å²) >= 11 is 0. The molecule has 0 spiro atoms. The van der Waals surface area contributed by atoms with Crippen molar-refractivity contribution >= 4 is 110 Å². The largest absolute Gasteiger partial charge is 1.00 e. The summed E-state index contributed by atoms with van der Waals surface area (Å²) in [5, 5.41) is 8.72. The lowest BCUT2D eigenvalue weighted by Gasteiger charge is -2.11. The zero-order valence-corrected chi connectivity index (χ0v) is 48.1. The van der Waals surface area contributed by atoms with Crippen LogP contribution in [0.2, 0.25) is 0 Å². The van der Waals surface area contributed by atoms with E-state index in [1.165, 1.54) is 5.52 Å². The van der Waals surface area contributed by atoms with Gasteiger partial charge >= 0.3 is 0 Å². The van der Waals surface area contributed by atoms with Crippen molar-refractivity contribution in [2.24, 2.45) is 7.05 Å². The SMILES string of the molecule is C.C[n+]1cn(-c2cccc(Oc3ccc4c5ccccc5n(-c5cc6oc7ccccc7c6cn5)c4c3)c2)c2ccccc21.[2HH].[I-].c1cc(Oc2ccc3c4ccccc4n(-c4cc5oc6ccccc6c5cn4)c3c2)cc(-n2cnc3ccccc32)c1. The minimum absolute atomic E-state index is 0. The number of aromatic nitrogens is 8. The van der Waals surface area contributed by atoms with Crippen LogP contribution in [0.25, 0.3) is 133 Å². The molecule has 0 unspecified atom stereocenters. The zero-order valence-electron chi connectivity index (χ0n) is 46.0. The molecule has 0 bridgehead atoms. The first-order valence-electron chi connectivity index (χ1n) is 28.1. The number of aryl methyl sites for hydroxylation is 1. The number of hydrogen-bond donors (Lipinski definition) is 0. The van der Waals surface area contributed by atoms with Crippen molar-refractivity contribution in [3.05, 3.63) is 268 Å². The molecule has 8 aromatic heterocycles. The number of ether oxygens (including phenoxy) is 2. The minimum Gasteiger partial charge on any atom is -1.00 e. The normalized spacial score (nSPS) is 11.6. The first-order chi connectivity index (χ1) is 42.0. The highest BCUT2D eigenvalue weighted by Gasteiger charge is 2.20. The standard InChI is InChI=1S/C37H25N4O2.C36H22N4O2.CH4.HI.H2/c1-39-23-40(33-15-6-5-14-32(33)39)24-9-8-10-25(19-24)42-26-17-18-28-27-11-2-4-13-31(27)41(34(28)20-26)37-21-36-30(22-38-37)29-12-3-7-16-35(29)43-36;1-4-13-31-26(10-1)27-17-16-25(41-24-9-7-8-23(18-24)39-22-38-30-12-3-5-14-32(30)39)19-33(27)40(31)36-20-35-29(21-37-36)28-11-2-6-15-34(28)42-35;;;/h2-23H,1H3;1-22H;1H4;2*1H/q+1;;;;/p-1/i;;;;1+1. The summed E-state index contributed by atoms with van der Waals surface area (Å²) in [5.41, 5.74) is 13.8. The number of pyridine rings is 2. The third-order valence-corrected chi connectivity index (χ3v) is 16.2. The summed E-state index contributed by atoms with van der Waals surface area (Å²) in [4.78, 5) is 14.4. The van der Waals surface area contributed by atoms with Crippen molar-refractivity contribution in [1.29, 1.82) is 0 Å². The highest BCUT2D eigenvalue weighted by molar-refractivity contribution is 6.12. The van der Waals surface area contributed by atoms with E-state index in [0.717, 1.165) is 150 Å². The summed E-state index contributed by atoms with van der Waals surface area (Å²) in [6.07, 6.45) is 7.76. The Morgan fingerprint density at radius 3 is 1.38 bits per heavy atom. The smallest absolute Gasteiger partial charge is 0.249 e. The molecular weight excluding hydrogens is 1190 g/mol. The number of rotatable bonds is 8. The van der Waals surface area contributed by atoms with Gasteiger partial charge in [-0.05, 0) is 97.1 Å². The Kier molecular flexibility index (Phi) is 12.9. The van der Waals surface area contributed by atoms with E-state index in [1.54, 1.807) is 0 Å². The van der Waals surface area contributed by atoms with Gasteiger partial charge in [-0.25, -0.2) is 19.5 Å². The van der Waals surface area contributed by atoms with Crippen molar-refractivity contribution in [2.45, 2.75) is 7.43 Å². The van der Waals surface area contributed by atoms with Crippen LogP contribution in [0, 0.1) is 0 Å². The number of nitrogens with zero attached hydrogens (tertiary/aromatic N) is 8. The number of halogens is 1. The Morgan fingerprint density at radius 2 is 0.816 bits per heavy atom. The van der Waals surface area contributed by atoms with Crippen LogP contribution in [0.3, 0.4) is 0 Å². The van der Waals surface area contributed by atoms with Gasteiger partial charge in [0.25, 0.3) is 0 Å². The quantitative estimate of drug-likeness (QED) is 0.110. The van der Waals surface area contributed by atoms with E-state index >= 15 is 0 Å². The molecule has 13 heteroatoms. The zero-order chi connectivity index (χ0) is 56.1. The van der Waals surface area contributed by atoms with Gasteiger partial charge in [0.15, 0.2) is 11.0 Å². The fourth-order valence-electron chi connectivity index (χ4n) is 12.3. The second-order valence-corrected chi connectivity index (χ2v) is 21.2. The van der Waals surface area contributed by atoms with Gasteiger partial charge in [0.2, 0.25) is 6.33 Å². The summed E-state index contributed by atoms with van der Waals surface area (Å²) in [7, 11) is 2.06. The van der Waals surface area contributed by atoms with Crippen LogP contribution in [0.4, 0.5) is 0 Å². The fourth-order valence-corrected chi connectivity index (χ4v) is 12.3. The number of para-hydroxylation sites is 8. The topological polar surface area (TPSA) is 107 Å². The van der Waals surface area contributed by atoms with Crippen LogP contribution in [-0.4, -0.2) is 33.2 Å². The molecule has 0 aliphatic heterocycles. The molecule has 18 aromatic rings. The van der Waals surface area contributed by atoms with Gasteiger partial charge in [-0.15, -0.1) is 0 Å². The van der Waals surface area contributed by atoms with Crippen LogP contribution in [0.5, 0.6) is 23.0 Å². The third kappa shape index (κ3) is 8.88. The number of benzene rings is 10. The maximum Gasteiger partial charge on any atom is 0.249 e. The van der Waals surface area contributed by atoms with Crippen molar-refractivity contribution in [3.63, 3.8) is 0 Å². The predicted octanol–water partition coefficient (Wildman–Crippen LogP) is 15.7. The Morgan fingerprint density at radius 1 is 0.368 bits per heavy atom. The Hall–Kier alpha value is -11.0. The average Bonchev–Trinajstić information content (AvgIpc) is 1.84. The van der Waals surface area contributed by atoms with E-state index in [0.29, 0.717) is 0 Å². The number of fused-ring (bicyclic) bond motifs is 14. The van der Waals surface area contributed by atoms with Crippen molar-refractivity contribution < 1.29 is 48.3 Å². The molecule has 0 radical (unpaired) electrons. The lowest BCUT2D eigenvalue weighted by atomic mass is 10.1. The second kappa shape index (κ2) is 21.2. The van der Waals surface area contributed by atoms with E-state index in [4.69, 9.17) is 28.3 Å².